The minimum Gasteiger partial charge on any atom is -0.494 e. The van der Waals surface area contributed by atoms with Crippen molar-refractivity contribution in [1.82, 2.24) is 14.5 Å². The summed E-state index contributed by atoms with van der Waals surface area (Å²) in [5.74, 6) is 0.630. The zero-order valence-electron chi connectivity index (χ0n) is 17.5. The van der Waals surface area contributed by atoms with E-state index in [1.54, 1.807) is 6.07 Å². The van der Waals surface area contributed by atoms with Crippen molar-refractivity contribution in [2.24, 2.45) is 0 Å². The van der Waals surface area contributed by atoms with Crippen LogP contribution in [0.15, 0.2) is 48.7 Å². The highest BCUT2D eigenvalue weighted by Crippen LogP contribution is 2.30. The smallest absolute Gasteiger partial charge is 0.335 e. The van der Waals surface area contributed by atoms with Crippen LogP contribution in [-0.4, -0.2) is 32.2 Å². The van der Waals surface area contributed by atoms with Crippen molar-refractivity contribution >= 4 is 28.6 Å². The van der Waals surface area contributed by atoms with Crippen LogP contribution in [0.3, 0.4) is 0 Å². The van der Waals surface area contributed by atoms with Crippen molar-refractivity contribution in [3.8, 4) is 17.0 Å². The number of pyridine rings is 1. The maximum absolute atomic E-state index is 11.4. The molecule has 0 atom stereocenters. The first-order valence-electron chi connectivity index (χ1n) is 9.95. The Bertz CT molecular complexity index is 1300. The van der Waals surface area contributed by atoms with Crippen LogP contribution in [0.25, 0.3) is 22.3 Å². The molecule has 0 saturated carbocycles. The summed E-state index contributed by atoms with van der Waals surface area (Å²) in [7, 11) is 0. The van der Waals surface area contributed by atoms with Crippen LogP contribution in [0.2, 0.25) is 5.02 Å². The lowest BCUT2D eigenvalue weighted by molar-refractivity contribution is 0.0697. The fourth-order valence-electron chi connectivity index (χ4n) is 3.66. The third kappa shape index (κ3) is 4.11. The van der Waals surface area contributed by atoms with E-state index in [1.165, 1.54) is 12.3 Å². The van der Waals surface area contributed by atoms with Crippen LogP contribution in [-0.2, 0) is 6.54 Å². The van der Waals surface area contributed by atoms with E-state index in [9.17, 15) is 9.90 Å². The number of hydrogen-bond acceptors (Lipinski definition) is 4. The van der Waals surface area contributed by atoms with Gasteiger partial charge in [-0.2, -0.15) is 0 Å². The van der Waals surface area contributed by atoms with Gasteiger partial charge in [-0.05, 0) is 68.3 Å². The third-order valence-corrected chi connectivity index (χ3v) is 5.55. The minimum atomic E-state index is -0.979. The zero-order chi connectivity index (χ0) is 22.1. The number of carboxylic acids is 1. The van der Waals surface area contributed by atoms with Gasteiger partial charge in [0, 0.05) is 16.8 Å². The lowest BCUT2D eigenvalue weighted by Crippen LogP contribution is -2.03. The number of nitrogens with zero attached hydrogens (tertiary/aromatic N) is 3. The van der Waals surface area contributed by atoms with Crippen LogP contribution in [0.1, 0.15) is 34.2 Å². The van der Waals surface area contributed by atoms with Gasteiger partial charge in [-0.3, -0.25) is 4.98 Å². The molecular formula is C24H22ClN3O3. The molecule has 0 radical (unpaired) electrons. The second-order valence-electron chi connectivity index (χ2n) is 7.33. The number of benzene rings is 2. The van der Waals surface area contributed by atoms with Crippen LogP contribution in [0, 0.1) is 13.8 Å². The molecule has 0 aliphatic heterocycles. The monoisotopic (exact) mass is 435 g/mol. The minimum absolute atomic E-state index is 0.202. The van der Waals surface area contributed by atoms with E-state index in [1.807, 2.05) is 51.1 Å². The quantitative estimate of drug-likeness (QED) is 0.432. The molecule has 1 N–H and O–H groups in total. The summed E-state index contributed by atoms with van der Waals surface area (Å²) in [6, 6.07) is 12.8. The van der Waals surface area contributed by atoms with Gasteiger partial charge in [0.15, 0.2) is 0 Å². The number of rotatable bonds is 6. The average molecular weight is 436 g/mol. The predicted molar refractivity (Wildman–Crippen MR) is 121 cm³/mol. The molecule has 0 spiro atoms. The van der Waals surface area contributed by atoms with Crippen molar-refractivity contribution < 1.29 is 14.6 Å². The maximum atomic E-state index is 11.4. The second-order valence-corrected chi connectivity index (χ2v) is 7.73. The van der Waals surface area contributed by atoms with E-state index in [-0.39, 0.29) is 5.56 Å². The Balaban J connectivity index is 1.79. The topological polar surface area (TPSA) is 77.2 Å². The molecule has 0 aliphatic rings. The van der Waals surface area contributed by atoms with Gasteiger partial charge in [0.2, 0.25) is 0 Å². The van der Waals surface area contributed by atoms with E-state index in [0.717, 1.165) is 39.3 Å². The van der Waals surface area contributed by atoms with Crippen molar-refractivity contribution in [3.05, 3.63) is 76.2 Å². The zero-order valence-corrected chi connectivity index (χ0v) is 18.3. The first-order chi connectivity index (χ1) is 14.9. The Morgan fingerprint density at radius 2 is 1.97 bits per heavy atom. The van der Waals surface area contributed by atoms with Gasteiger partial charge < -0.3 is 14.4 Å². The molecule has 4 rings (SSSR count). The lowest BCUT2D eigenvalue weighted by Gasteiger charge is -2.12. The highest BCUT2D eigenvalue weighted by molar-refractivity contribution is 6.31. The van der Waals surface area contributed by atoms with E-state index in [4.69, 9.17) is 21.3 Å². The molecule has 0 amide bonds. The van der Waals surface area contributed by atoms with E-state index < -0.39 is 5.97 Å². The van der Waals surface area contributed by atoms with E-state index >= 15 is 0 Å². The summed E-state index contributed by atoms with van der Waals surface area (Å²) in [6.07, 6.45) is 1.51. The normalized spacial score (nSPS) is 11.1. The summed E-state index contributed by atoms with van der Waals surface area (Å²) < 4.78 is 7.63. The molecule has 31 heavy (non-hydrogen) atoms. The fraction of sp³-hybridized carbons (Fsp3) is 0.208. The number of halogens is 1. The van der Waals surface area contributed by atoms with Crippen molar-refractivity contribution in [2.75, 3.05) is 6.61 Å². The molecule has 4 aromatic rings. The molecule has 0 bridgehead atoms. The number of hydrogen-bond donors (Lipinski definition) is 1. The molecule has 2 aromatic heterocycles. The number of ether oxygens (including phenoxy) is 1. The van der Waals surface area contributed by atoms with Gasteiger partial charge in [-0.15, -0.1) is 0 Å². The first-order valence-corrected chi connectivity index (χ1v) is 10.3. The molecule has 0 aliphatic carbocycles. The summed E-state index contributed by atoms with van der Waals surface area (Å²) >= 11 is 6.51. The van der Waals surface area contributed by atoms with Crippen LogP contribution in [0.5, 0.6) is 5.75 Å². The largest absolute Gasteiger partial charge is 0.494 e. The lowest BCUT2D eigenvalue weighted by atomic mass is 10.0. The SMILES string of the molecule is CCOc1ccc(Cn2c(C)nc3c(C)cc(-c4cc(C(=O)O)ccn4)cc32)c(Cl)c1. The number of fused-ring (bicyclic) bond motifs is 1. The molecule has 158 valence electrons. The number of aryl methyl sites for hydroxylation is 2. The van der Waals surface area contributed by atoms with Gasteiger partial charge in [0.05, 0.1) is 35.4 Å². The summed E-state index contributed by atoms with van der Waals surface area (Å²) in [4.78, 5) is 20.5. The van der Waals surface area contributed by atoms with Crippen LogP contribution in [0.4, 0.5) is 0 Å². The fourth-order valence-corrected chi connectivity index (χ4v) is 3.89. The van der Waals surface area contributed by atoms with Crippen molar-refractivity contribution in [3.63, 3.8) is 0 Å². The average Bonchev–Trinajstić information content (AvgIpc) is 3.06. The van der Waals surface area contributed by atoms with Gasteiger partial charge in [0.1, 0.15) is 11.6 Å². The van der Waals surface area contributed by atoms with Crippen LogP contribution >= 0.6 is 11.6 Å². The van der Waals surface area contributed by atoms with Gasteiger partial charge in [-0.1, -0.05) is 17.7 Å². The second kappa shape index (κ2) is 8.40. The van der Waals surface area contributed by atoms with Crippen molar-refractivity contribution in [1.29, 1.82) is 0 Å². The predicted octanol–water partition coefficient (Wildman–Crippen LogP) is 5.51. The first kappa shape index (κ1) is 20.9. The van der Waals surface area contributed by atoms with Gasteiger partial charge in [0.25, 0.3) is 0 Å². The van der Waals surface area contributed by atoms with E-state index in [2.05, 4.69) is 9.55 Å². The molecule has 7 heteroatoms. The van der Waals surface area contributed by atoms with Crippen LogP contribution < -0.4 is 4.74 Å². The Labute approximate surface area is 185 Å². The number of aromatic carboxylic acids is 1. The highest BCUT2D eigenvalue weighted by atomic mass is 35.5. The summed E-state index contributed by atoms with van der Waals surface area (Å²) in [5.41, 5.74) is 5.45. The Morgan fingerprint density at radius 3 is 2.68 bits per heavy atom. The Hall–Kier alpha value is -3.38. The van der Waals surface area contributed by atoms with Gasteiger partial charge in [-0.25, -0.2) is 9.78 Å². The summed E-state index contributed by atoms with van der Waals surface area (Å²) in [5, 5.41) is 9.95. The number of imidazole rings is 1. The standard InChI is InChI=1S/C24H22ClN3O3/c1-4-31-19-6-5-17(20(25)12-19)13-28-15(3)27-23-14(2)9-18(11-22(23)28)21-10-16(24(29)30)7-8-26-21/h5-12H,4,13H2,1-3H3,(H,29,30). The number of carboxylic acid groups (broad SMARTS) is 1. The number of carbonyl (C=O) groups is 1. The van der Waals surface area contributed by atoms with Crippen molar-refractivity contribution in [2.45, 2.75) is 27.3 Å². The Morgan fingerprint density at radius 1 is 1.16 bits per heavy atom. The molecular weight excluding hydrogens is 414 g/mol. The maximum Gasteiger partial charge on any atom is 0.335 e. The van der Waals surface area contributed by atoms with E-state index in [0.29, 0.717) is 23.9 Å². The Kier molecular flexibility index (Phi) is 5.65. The number of aromatic nitrogens is 3. The molecule has 0 saturated heterocycles. The molecule has 2 aromatic carbocycles. The molecule has 0 unspecified atom stereocenters. The highest BCUT2D eigenvalue weighted by Gasteiger charge is 2.15. The third-order valence-electron chi connectivity index (χ3n) is 5.20. The van der Waals surface area contributed by atoms with Gasteiger partial charge >= 0.3 is 5.97 Å². The molecule has 0 fully saturated rings. The summed E-state index contributed by atoms with van der Waals surface area (Å²) in [6.45, 7) is 7.03. The molecule has 6 nitrogen and oxygen atoms in total. The molecule has 2 heterocycles.